The minimum Gasteiger partial charge on any atom is -0.394 e. The SMILES string of the molecule is CO[C@@H]1[C@@H](N)[C@@H](O)O[C@H](CO)[C@H]1O.Cl. The fourth-order valence-electron chi connectivity index (χ4n) is 1.40. The molecule has 1 fully saturated rings. The van der Waals surface area contributed by atoms with Crippen molar-refractivity contribution < 1.29 is 24.8 Å². The van der Waals surface area contributed by atoms with E-state index in [2.05, 4.69) is 0 Å². The summed E-state index contributed by atoms with van der Waals surface area (Å²) in [6, 6.07) is -0.803. The third kappa shape index (κ3) is 2.54. The second kappa shape index (κ2) is 5.82. The molecule has 14 heavy (non-hydrogen) atoms. The van der Waals surface area contributed by atoms with Crippen LogP contribution in [0.15, 0.2) is 0 Å². The maximum atomic E-state index is 9.52. The van der Waals surface area contributed by atoms with E-state index >= 15 is 0 Å². The number of aliphatic hydroxyl groups is 3. The Labute approximate surface area is 88.0 Å². The molecule has 0 amide bonds. The maximum absolute atomic E-state index is 9.52. The van der Waals surface area contributed by atoms with Crippen LogP contribution in [-0.2, 0) is 9.47 Å². The van der Waals surface area contributed by atoms with E-state index in [1.54, 1.807) is 0 Å². The first-order valence-corrected chi connectivity index (χ1v) is 4.02. The quantitative estimate of drug-likeness (QED) is 0.429. The van der Waals surface area contributed by atoms with Gasteiger partial charge in [0.2, 0.25) is 0 Å². The lowest BCUT2D eigenvalue weighted by Gasteiger charge is -2.39. The van der Waals surface area contributed by atoms with E-state index in [9.17, 15) is 10.2 Å². The van der Waals surface area contributed by atoms with E-state index in [4.69, 9.17) is 20.3 Å². The minimum absolute atomic E-state index is 0. The predicted molar refractivity (Wildman–Crippen MR) is 50.0 cm³/mol. The van der Waals surface area contributed by atoms with Crippen LogP contribution in [-0.4, -0.2) is 59.7 Å². The van der Waals surface area contributed by atoms with Crippen LogP contribution in [0.25, 0.3) is 0 Å². The van der Waals surface area contributed by atoms with Crippen molar-refractivity contribution in [1.82, 2.24) is 0 Å². The van der Waals surface area contributed by atoms with Crippen LogP contribution in [0.1, 0.15) is 0 Å². The van der Waals surface area contributed by atoms with Crippen molar-refractivity contribution in [3.63, 3.8) is 0 Å². The van der Waals surface area contributed by atoms with Crippen molar-refractivity contribution in [2.45, 2.75) is 30.6 Å². The van der Waals surface area contributed by atoms with Gasteiger partial charge in [-0.3, -0.25) is 0 Å². The molecule has 1 aliphatic rings. The molecule has 0 aromatic rings. The summed E-state index contributed by atoms with van der Waals surface area (Å²) in [7, 11) is 1.38. The molecule has 6 nitrogen and oxygen atoms in total. The van der Waals surface area contributed by atoms with Gasteiger partial charge in [0.25, 0.3) is 0 Å². The third-order valence-corrected chi connectivity index (χ3v) is 2.19. The van der Waals surface area contributed by atoms with E-state index in [0.717, 1.165) is 0 Å². The van der Waals surface area contributed by atoms with Crippen molar-refractivity contribution >= 4 is 12.4 Å². The summed E-state index contributed by atoms with van der Waals surface area (Å²) in [4.78, 5) is 0. The monoisotopic (exact) mass is 229 g/mol. The number of nitrogens with two attached hydrogens (primary N) is 1. The first-order valence-electron chi connectivity index (χ1n) is 4.02. The lowest BCUT2D eigenvalue weighted by atomic mass is 9.98. The average Bonchev–Trinajstić information content (AvgIpc) is 2.12. The van der Waals surface area contributed by atoms with Crippen molar-refractivity contribution in [2.75, 3.05) is 13.7 Å². The smallest absolute Gasteiger partial charge is 0.173 e. The zero-order valence-corrected chi connectivity index (χ0v) is 8.55. The molecule has 86 valence electrons. The number of aliphatic hydroxyl groups excluding tert-OH is 3. The molecule has 5 atom stereocenters. The van der Waals surface area contributed by atoms with Gasteiger partial charge >= 0.3 is 0 Å². The van der Waals surface area contributed by atoms with Crippen molar-refractivity contribution in [1.29, 1.82) is 0 Å². The van der Waals surface area contributed by atoms with Crippen molar-refractivity contribution in [2.24, 2.45) is 5.73 Å². The molecule has 1 aliphatic heterocycles. The number of hydrogen-bond donors (Lipinski definition) is 4. The molecular formula is C7H16ClNO5. The molecule has 1 saturated heterocycles. The number of rotatable bonds is 2. The molecule has 0 unspecified atom stereocenters. The van der Waals surface area contributed by atoms with Crippen LogP contribution in [0.4, 0.5) is 0 Å². The lowest BCUT2D eigenvalue weighted by molar-refractivity contribution is -0.253. The summed E-state index contributed by atoms with van der Waals surface area (Å²) in [6.45, 7) is -0.384. The van der Waals surface area contributed by atoms with Gasteiger partial charge in [-0.1, -0.05) is 0 Å². The maximum Gasteiger partial charge on any atom is 0.173 e. The third-order valence-electron chi connectivity index (χ3n) is 2.19. The molecule has 0 aromatic carbocycles. The Hall–Kier alpha value is 0.0500. The highest BCUT2D eigenvalue weighted by Crippen LogP contribution is 2.20. The molecule has 0 radical (unpaired) electrons. The summed E-state index contributed by atoms with van der Waals surface area (Å²) in [5.74, 6) is 0. The highest BCUT2D eigenvalue weighted by Gasteiger charge is 2.42. The molecule has 0 spiro atoms. The first kappa shape index (κ1) is 14.1. The Morgan fingerprint density at radius 3 is 2.43 bits per heavy atom. The van der Waals surface area contributed by atoms with Crippen molar-refractivity contribution in [3.05, 3.63) is 0 Å². The fraction of sp³-hybridized carbons (Fsp3) is 1.00. The van der Waals surface area contributed by atoms with E-state index in [1.165, 1.54) is 7.11 Å². The van der Waals surface area contributed by atoms with Gasteiger partial charge < -0.3 is 30.5 Å². The Morgan fingerprint density at radius 1 is 1.43 bits per heavy atom. The van der Waals surface area contributed by atoms with Gasteiger partial charge in [0.1, 0.15) is 18.3 Å². The number of hydrogen-bond acceptors (Lipinski definition) is 6. The summed E-state index contributed by atoms with van der Waals surface area (Å²) in [5.41, 5.74) is 5.50. The molecule has 0 aromatic heterocycles. The largest absolute Gasteiger partial charge is 0.394 e. The van der Waals surface area contributed by atoms with Crippen LogP contribution in [0, 0.1) is 0 Å². The summed E-state index contributed by atoms with van der Waals surface area (Å²) < 4.78 is 9.73. The fourth-order valence-corrected chi connectivity index (χ4v) is 1.40. The number of methoxy groups -OCH3 is 1. The second-order valence-electron chi connectivity index (χ2n) is 3.02. The normalized spacial score (nSPS) is 43.1. The van der Waals surface area contributed by atoms with Crippen LogP contribution in [0.5, 0.6) is 0 Å². The topological polar surface area (TPSA) is 105 Å². The number of ether oxygens (including phenoxy) is 2. The Balaban J connectivity index is 0.00000169. The second-order valence-corrected chi connectivity index (χ2v) is 3.02. The molecule has 0 bridgehead atoms. The molecule has 7 heteroatoms. The Morgan fingerprint density at radius 2 is 2.00 bits per heavy atom. The van der Waals surface area contributed by atoms with E-state index < -0.39 is 30.6 Å². The molecule has 1 rings (SSSR count). The minimum atomic E-state index is -1.22. The zero-order chi connectivity index (χ0) is 10.0. The summed E-state index contributed by atoms with van der Waals surface area (Å²) in [6.07, 6.45) is -3.81. The molecule has 5 N–H and O–H groups in total. The van der Waals surface area contributed by atoms with Crippen LogP contribution in [0.3, 0.4) is 0 Å². The first-order chi connectivity index (χ1) is 6.11. The van der Waals surface area contributed by atoms with Crippen molar-refractivity contribution in [3.8, 4) is 0 Å². The summed E-state index contributed by atoms with van der Waals surface area (Å²) >= 11 is 0. The predicted octanol–water partition coefficient (Wildman–Crippen LogP) is -2.18. The highest BCUT2D eigenvalue weighted by molar-refractivity contribution is 5.85. The molecule has 0 saturated carbocycles. The average molecular weight is 230 g/mol. The zero-order valence-electron chi connectivity index (χ0n) is 7.74. The number of halogens is 1. The molecule has 0 aliphatic carbocycles. The van der Waals surface area contributed by atoms with Crippen LogP contribution in [0.2, 0.25) is 0 Å². The van der Waals surface area contributed by atoms with Gasteiger partial charge in [0, 0.05) is 7.11 Å². The van der Waals surface area contributed by atoms with Crippen LogP contribution >= 0.6 is 12.4 Å². The van der Waals surface area contributed by atoms with Gasteiger partial charge in [0.15, 0.2) is 6.29 Å². The van der Waals surface area contributed by atoms with Gasteiger partial charge in [0.05, 0.1) is 12.6 Å². The van der Waals surface area contributed by atoms with Gasteiger partial charge in [-0.25, -0.2) is 0 Å². The van der Waals surface area contributed by atoms with E-state index in [0.29, 0.717) is 0 Å². The van der Waals surface area contributed by atoms with Gasteiger partial charge in [-0.15, -0.1) is 12.4 Å². The van der Waals surface area contributed by atoms with E-state index in [1.807, 2.05) is 0 Å². The molecule has 1 heterocycles. The van der Waals surface area contributed by atoms with Gasteiger partial charge in [-0.05, 0) is 0 Å². The Bertz CT molecular complexity index is 172. The lowest BCUT2D eigenvalue weighted by Crippen LogP contribution is -2.62. The highest BCUT2D eigenvalue weighted by atomic mass is 35.5. The van der Waals surface area contributed by atoms with Gasteiger partial charge in [-0.2, -0.15) is 0 Å². The van der Waals surface area contributed by atoms with Crippen LogP contribution < -0.4 is 5.73 Å². The standard InChI is InChI=1S/C7H15NO5.ClH/c1-12-6-4(8)7(11)13-3(2-9)5(6)10;/h3-7,9-11H,2,8H2,1H3;1H/t3-,4-,5-,6-,7+;/m1./s1. The van der Waals surface area contributed by atoms with E-state index in [-0.39, 0.29) is 19.0 Å². The molecular weight excluding hydrogens is 214 g/mol. The summed E-state index contributed by atoms with van der Waals surface area (Å²) in [5, 5.41) is 27.6. The Kier molecular flexibility index (Phi) is 5.84.